The van der Waals surface area contributed by atoms with Crippen LogP contribution >= 0.6 is 24.4 Å². The number of aromatic nitrogens is 3. The molecule has 6 heteroatoms. The molecule has 0 saturated carbocycles. The fourth-order valence-electron chi connectivity index (χ4n) is 2.11. The van der Waals surface area contributed by atoms with Crippen LogP contribution < -0.4 is 5.69 Å². The molecule has 0 saturated heterocycles. The molecule has 0 radical (unpaired) electrons. The molecule has 0 fully saturated rings. The Labute approximate surface area is 131 Å². The molecule has 0 atom stereocenters. The average molecular weight is 318 g/mol. The van der Waals surface area contributed by atoms with Crippen molar-refractivity contribution in [3.8, 4) is 0 Å². The van der Waals surface area contributed by atoms with Gasteiger partial charge in [0.15, 0.2) is 5.16 Å². The Bertz CT molecular complexity index is 415. The van der Waals surface area contributed by atoms with E-state index in [1.165, 1.54) is 44.9 Å². The highest BCUT2D eigenvalue weighted by Crippen LogP contribution is 2.19. The van der Waals surface area contributed by atoms with Crippen LogP contribution in [-0.2, 0) is 0 Å². The molecule has 0 aliphatic heterocycles. The van der Waals surface area contributed by atoms with Crippen LogP contribution in [0.25, 0.3) is 0 Å². The average Bonchev–Trinajstić information content (AvgIpc) is 2.78. The Kier molecular flexibility index (Phi) is 9.18. The summed E-state index contributed by atoms with van der Waals surface area (Å²) in [5.41, 5.74) is -0.105. The van der Waals surface area contributed by atoms with Gasteiger partial charge in [0.1, 0.15) is 0 Å². The molecule has 0 spiro atoms. The zero-order chi connectivity index (χ0) is 14.8. The van der Waals surface area contributed by atoms with Crippen LogP contribution in [0.1, 0.15) is 64.8 Å². The van der Waals surface area contributed by atoms with E-state index in [4.69, 9.17) is 0 Å². The molecule has 1 rings (SSSR count). The molecule has 1 N–H and O–H groups in total. The van der Waals surface area contributed by atoms with Gasteiger partial charge in [-0.05, 0) is 32.4 Å². The zero-order valence-electron chi connectivity index (χ0n) is 12.6. The molecule has 0 aliphatic rings. The van der Waals surface area contributed by atoms with Crippen molar-refractivity contribution >= 4 is 24.4 Å². The van der Waals surface area contributed by atoms with Gasteiger partial charge in [-0.15, -0.1) is 5.10 Å². The van der Waals surface area contributed by atoms with Crippen molar-refractivity contribution in [2.45, 2.75) is 70.0 Å². The van der Waals surface area contributed by atoms with Crippen molar-refractivity contribution in [3.05, 3.63) is 10.5 Å². The Balaban J connectivity index is 2.11. The molecular weight excluding hydrogens is 290 g/mol. The third-order valence-corrected chi connectivity index (χ3v) is 4.58. The summed E-state index contributed by atoms with van der Waals surface area (Å²) in [4.78, 5) is 11.6. The highest BCUT2D eigenvalue weighted by Gasteiger charge is 2.10. The molecule has 4 nitrogen and oxygen atoms in total. The second kappa shape index (κ2) is 10.4. The van der Waals surface area contributed by atoms with Gasteiger partial charge in [0.2, 0.25) is 0 Å². The minimum absolute atomic E-state index is 0.105. The predicted octanol–water partition coefficient (Wildman–Crippen LogP) is 3.90. The zero-order valence-corrected chi connectivity index (χ0v) is 14.3. The molecule has 0 aromatic carbocycles. The fourth-order valence-corrected chi connectivity index (χ4v) is 3.41. The summed E-state index contributed by atoms with van der Waals surface area (Å²) in [5, 5.41) is 7.43. The van der Waals surface area contributed by atoms with E-state index in [2.05, 4.69) is 22.8 Å². The van der Waals surface area contributed by atoms with Gasteiger partial charge in [-0.1, -0.05) is 43.9 Å². The number of nitrogens with zero attached hydrogens (tertiary/aromatic N) is 2. The maximum absolute atomic E-state index is 11.6. The number of thiol groups is 1. The number of unbranched alkanes of at least 4 members (excludes halogenated alkanes) is 6. The number of thioether (sulfide) groups is 1. The first-order valence-corrected chi connectivity index (χ1v) is 9.19. The van der Waals surface area contributed by atoms with Gasteiger partial charge in [0.05, 0.1) is 0 Å². The molecule has 1 aromatic heterocycles. The van der Waals surface area contributed by atoms with E-state index in [9.17, 15) is 4.79 Å². The predicted molar refractivity (Wildman–Crippen MR) is 90.1 cm³/mol. The molecule has 116 valence electrons. The quantitative estimate of drug-likeness (QED) is 0.370. The van der Waals surface area contributed by atoms with E-state index in [-0.39, 0.29) is 11.7 Å². The number of rotatable bonds is 11. The minimum atomic E-state index is -0.105. The van der Waals surface area contributed by atoms with Crippen LogP contribution in [-0.4, -0.2) is 26.3 Å². The Morgan fingerprint density at radius 3 is 2.35 bits per heavy atom. The van der Waals surface area contributed by atoms with E-state index < -0.39 is 0 Å². The first-order chi connectivity index (χ1) is 9.66. The summed E-state index contributed by atoms with van der Waals surface area (Å²) in [7, 11) is 0. The lowest BCUT2D eigenvalue weighted by Gasteiger charge is -2.08. The normalized spacial score (nSPS) is 11.4. The number of H-pyrrole nitrogens is 1. The smallest absolute Gasteiger partial charge is 0.268 e. The van der Waals surface area contributed by atoms with Gasteiger partial charge in [0.25, 0.3) is 0 Å². The summed E-state index contributed by atoms with van der Waals surface area (Å²) >= 11 is 5.89. The first-order valence-electron chi connectivity index (χ1n) is 7.57. The lowest BCUT2D eigenvalue weighted by molar-refractivity contribution is 0.533. The van der Waals surface area contributed by atoms with Crippen molar-refractivity contribution in [2.75, 3.05) is 11.5 Å². The Morgan fingerprint density at radius 2 is 1.75 bits per heavy atom. The standard InChI is InChI=1S/C14H27N3OS2/c1-12(2)17-13(18)15-16-14(17)20-11-9-7-5-3-4-6-8-10-19/h12,19H,3-11H2,1-2H3,(H,15,18). The second-order valence-electron chi connectivity index (χ2n) is 5.32. The number of hydrogen-bond acceptors (Lipinski definition) is 4. The third-order valence-electron chi connectivity index (χ3n) is 3.22. The van der Waals surface area contributed by atoms with Crippen molar-refractivity contribution in [1.82, 2.24) is 14.8 Å². The largest absolute Gasteiger partial charge is 0.344 e. The highest BCUT2D eigenvalue weighted by atomic mass is 32.2. The summed E-state index contributed by atoms with van der Waals surface area (Å²) in [5.74, 6) is 2.05. The molecule has 0 aliphatic carbocycles. The molecule has 0 bridgehead atoms. The van der Waals surface area contributed by atoms with Crippen LogP contribution in [0.15, 0.2) is 9.95 Å². The van der Waals surface area contributed by atoms with E-state index in [1.54, 1.807) is 16.3 Å². The Hall–Kier alpha value is -0.360. The van der Waals surface area contributed by atoms with Crippen LogP contribution in [0.4, 0.5) is 0 Å². The van der Waals surface area contributed by atoms with Crippen molar-refractivity contribution in [3.63, 3.8) is 0 Å². The molecular formula is C14H27N3OS2. The molecule has 1 heterocycles. The minimum Gasteiger partial charge on any atom is -0.268 e. The fraction of sp³-hybridized carbons (Fsp3) is 0.857. The van der Waals surface area contributed by atoms with Crippen LogP contribution in [0.2, 0.25) is 0 Å². The lowest BCUT2D eigenvalue weighted by atomic mass is 10.1. The molecule has 0 unspecified atom stereocenters. The van der Waals surface area contributed by atoms with Crippen LogP contribution in [0, 0.1) is 0 Å². The number of aromatic amines is 1. The molecule has 1 aromatic rings. The summed E-state index contributed by atoms with van der Waals surface area (Å²) in [6.45, 7) is 4.01. The van der Waals surface area contributed by atoms with Crippen molar-refractivity contribution in [1.29, 1.82) is 0 Å². The van der Waals surface area contributed by atoms with Crippen molar-refractivity contribution < 1.29 is 0 Å². The lowest BCUT2D eigenvalue weighted by Crippen LogP contribution is -2.19. The second-order valence-corrected chi connectivity index (χ2v) is 6.83. The van der Waals surface area contributed by atoms with Gasteiger partial charge in [-0.3, -0.25) is 4.57 Å². The van der Waals surface area contributed by atoms with Gasteiger partial charge in [-0.2, -0.15) is 12.6 Å². The maximum Gasteiger partial charge on any atom is 0.344 e. The van der Waals surface area contributed by atoms with Gasteiger partial charge < -0.3 is 0 Å². The van der Waals surface area contributed by atoms with Crippen LogP contribution in [0.5, 0.6) is 0 Å². The van der Waals surface area contributed by atoms with E-state index in [1.807, 2.05) is 13.8 Å². The monoisotopic (exact) mass is 317 g/mol. The Morgan fingerprint density at radius 1 is 1.15 bits per heavy atom. The number of hydrogen-bond donors (Lipinski definition) is 2. The van der Waals surface area contributed by atoms with E-state index in [0.717, 1.165) is 16.7 Å². The topological polar surface area (TPSA) is 50.7 Å². The van der Waals surface area contributed by atoms with Crippen molar-refractivity contribution in [2.24, 2.45) is 0 Å². The molecule has 0 amide bonds. The third kappa shape index (κ3) is 6.39. The highest BCUT2D eigenvalue weighted by molar-refractivity contribution is 7.99. The van der Waals surface area contributed by atoms with Gasteiger partial charge in [-0.25, -0.2) is 9.89 Å². The van der Waals surface area contributed by atoms with E-state index in [0.29, 0.717) is 0 Å². The first kappa shape index (κ1) is 17.7. The van der Waals surface area contributed by atoms with Crippen LogP contribution in [0.3, 0.4) is 0 Å². The number of nitrogens with one attached hydrogen (secondary N) is 1. The summed E-state index contributed by atoms with van der Waals surface area (Å²) < 4.78 is 1.72. The maximum atomic E-state index is 11.6. The van der Waals surface area contributed by atoms with Gasteiger partial charge >= 0.3 is 5.69 Å². The van der Waals surface area contributed by atoms with E-state index >= 15 is 0 Å². The SMILES string of the molecule is CC(C)n1c(SCCCCCCCCCS)n[nH]c1=O. The summed E-state index contributed by atoms with van der Waals surface area (Å²) in [6, 6.07) is 0.163. The van der Waals surface area contributed by atoms with Gasteiger partial charge in [0, 0.05) is 11.8 Å². The summed E-state index contributed by atoms with van der Waals surface area (Å²) in [6.07, 6.45) is 8.99. The molecule has 20 heavy (non-hydrogen) atoms.